The Bertz CT molecular complexity index is 559. The maximum atomic E-state index is 13.5. The van der Waals surface area contributed by atoms with E-state index >= 15 is 0 Å². The Hall–Kier alpha value is -1.45. The van der Waals surface area contributed by atoms with Crippen molar-refractivity contribution in [2.75, 3.05) is 0 Å². The Morgan fingerprint density at radius 1 is 1.38 bits per heavy atom. The molecule has 2 nitrogen and oxygen atoms in total. The molecule has 2 heterocycles. The van der Waals surface area contributed by atoms with Gasteiger partial charge in [0.25, 0.3) is 6.43 Å². The molecule has 4 heteroatoms. The van der Waals surface area contributed by atoms with Crippen LogP contribution in [0.1, 0.15) is 49.8 Å². The third-order valence-electron chi connectivity index (χ3n) is 5.24. The molecule has 1 aromatic carbocycles. The molecule has 0 unspecified atom stereocenters. The zero-order valence-corrected chi connectivity index (χ0v) is 12.5. The third-order valence-corrected chi connectivity index (χ3v) is 5.24. The lowest BCUT2D eigenvalue weighted by atomic mass is 9.81. The van der Waals surface area contributed by atoms with Crippen LogP contribution < -0.4 is 0 Å². The molecule has 0 radical (unpaired) electrons. The lowest BCUT2D eigenvalue weighted by Gasteiger charge is -2.29. The second-order valence-corrected chi connectivity index (χ2v) is 6.39. The summed E-state index contributed by atoms with van der Waals surface area (Å²) in [6.45, 7) is 3.71. The number of carbonyl (C=O) groups is 1. The Kier molecular flexibility index (Phi) is 3.50. The predicted molar refractivity (Wildman–Crippen MR) is 77.1 cm³/mol. The smallest absolute Gasteiger partial charge is 0.252 e. The van der Waals surface area contributed by atoms with Crippen LogP contribution in [0.25, 0.3) is 0 Å². The van der Waals surface area contributed by atoms with Crippen LogP contribution in [0.3, 0.4) is 0 Å². The van der Waals surface area contributed by atoms with Crippen LogP contribution in [0.4, 0.5) is 8.78 Å². The summed E-state index contributed by atoms with van der Waals surface area (Å²) < 4.78 is 27.0. The molecule has 3 rings (SSSR count). The zero-order chi connectivity index (χ0) is 15.2. The van der Waals surface area contributed by atoms with Crippen LogP contribution in [0.2, 0.25) is 0 Å². The highest BCUT2D eigenvalue weighted by Gasteiger charge is 2.59. The fourth-order valence-corrected chi connectivity index (χ4v) is 3.99. The van der Waals surface area contributed by atoms with Crippen LogP contribution in [-0.2, 0) is 4.79 Å². The van der Waals surface area contributed by atoms with E-state index in [0.29, 0.717) is 6.42 Å². The molecule has 2 fully saturated rings. The number of halogens is 2. The van der Waals surface area contributed by atoms with Gasteiger partial charge in [-0.05, 0) is 38.2 Å². The van der Waals surface area contributed by atoms with E-state index in [9.17, 15) is 13.6 Å². The van der Waals surface area contributed by atoms with E-state index in [1.54, 1.807) is 11.8 Å². The Balaban J connectivity index is 1.94. The van der Waals surface area contributed by atoms with Crippen molar-refractivity contribution in [3.05, 3.63) is 35.4 Å². The van der Waals surface area contributed by atoms with E-state index in [1.165, 1.54) is 0 Å². The molecule has 0 aromatic heterocycles. The second-order valence-electron chi connectivity index (χ2n) is 6.39. The first-order valence-corrected chi connectivity index (χ1v) is 7.67. The van der Waals surface area contributed by atoms with Crippen LogP contribution in [0.15, 0.2) is 24.3 Å². The minimum atomic E-state index is -2.57. The van der Waals surface area contributed by atoms with E-state index in [0.717, 1.165) is 24.0 Å². The molecule has 2 aliphatic heterocycles. The van der Waals surface area contributed by atoms with E-state index in [-0.39, 0.29) is 24.4 Å². The molecule has 0 spiro atoms. The largest absolute Gasteiger partial charge is 0.332 e. The highest BCUT2D eigenvalue weighted by molar-refractivity contribution is 5.86. The number of benzene rings is 1. The second kappa shape index (κ2) is 5.08. The zero-order valence-electron chi connectivity index (χ0n) is 12.5. The van der Waals surface area contributed by atoms with Gasteiger partial charge in [0.05, 0.1) is 6.04 Å². The lowest BCUT2D eigenvalue weighted by Crippen LogP contribution is -2.40. The topological polar surface area (TPSA) is 20.3 Å². The van der Waals surface area contributed by atoms with Gasteiger partial charge in [0.15, 0.2) is 0 Å². The molecule has 1 aromatic rings. The van der Waals surface area contributed by atoms with Crippen molar-refractivity contribution in [2.24, 2.45) is 5.41 Å². The number of nitrogens with zero attached hydrogens (tertiary/aromatic N) is 1. The lowest BCUT2D eigenvalue weighted by molar-refractivity contribution is -0.146. The van der Waals surface area contributed by atoms with E-state index < -0.39 is 11.8 Å². The average Bonchev–Trinajstić information content (AvgIpc) is 2.98. The van der Waals surface area contributed by atoms with Gasteiger partial charge in [-0.25, -0.2) is 8.78 Å². The summed E-state index contributed by atoms with van der Waals surface area (Å²) in [6, 6.07) is 8.00. The van der Waals surface area contributed by atoms with Gasteiger partial charge in [0.2, 0.25) is 5.91 Å². The molecule has 3 atom stereocenters. The van der Waals surface area contributed by atoms with Crippen molar-refractivity contribution in [1.82, 2.24) is 4.90 Å². The van der Waals surface area contributed by atoms with E-state index in [1.807, 2.05) is 25.1 Å². The number of aryl methyl sites for hydroxylation is 1. The van der Waals surface area contributed by atoms with Crippen LogP contribution in [0, 0.1) is 12.3 Å². The maximum absolute atomic E-state index is 13.5. The first-order valence-electron chi connectivity index (χ1n) is 7.67. The van der Waals surface area contributed by atoms with Crippen molar-refractivity contribution in [2.45, 2.75) is 58.0 Å². The summed E-state index contributed by atoms with van der Waals surface area (Å²) in [5.41, 5.74) is 0.762. The molecular formula is C17H21F2NO. The van der Waals surface area contributed by atoms with Crippen molar-refractivity contribution in [3.8, 4) is 0 Å². The first-order chi connectivity index (χ1) is 9.99. The molecule has 0 saturated carbocycles. The Morgan fingerprint density at radius 2 is 2.14 bits per heavy atom. The normalized spacial score (nSPS) is 32.0. The molecule has 0 aliphatic carbocycles. The van der Waals surface area contributed by atoms with Crippen molar-refractivity contribution < 1.29 is 13.6 Å². The third kappa shape index (κ3) is 2.07. The SMILES string of the molecule is CC[C@]1(C(F)F)C[C@@H]2CC[C@@H](c3cccc(C)c3)N2C1=O. The summed E-state index contributed by atoms with van der Waals surface area (Å²) in [5.74, 6) is -0.339. The van der Waals surface area contributed by atoms with Gasteiger partial charge in [-0.1, -0.05) is 36.8 Å². The minimum absolute atomic E-state index is 0.0167. The van der Waals surface area contributed by atoms with Gasteiger partial charge in [-0.3, -0.25) is 4.79 Å². The van der Waals surface area contributed by atoms with Crippen LogP contribution in [0.5, 0.6) is 0 Å². The molecule has 21 heavy (non-hydrogen) atoms. The fraction of sp³-hybridized carbons (Fsp3) is 0.588. The molecule has 114 valence electrons. The first kappa shape index (κ1) is 14.5. The monoisotopic (exact) mass is 293 g/mol. The Morgan fingerprint density at radius 3 is 2.76 bits per heavy atom. The van der Waals surface area contributed by atoms with Crippen LogP contribution >= 0.6 is 0 Å². The van der Waals surface area contributed by atoms with Crippen molar-refractivity contribution >= 4 is 5.91 Å². The van der Waals surface area contributed by atoms with E-state index in [2.05, 4.69) is 6.07 Å². The number of hydrogen-bond donors (Lipinski definition) is 0. The summed E-state index contributed by atoms with van der Waals surface area (Å²) in [4.78, 5) is 14.5. The summed E-state index contributed by atoms with van der Waals surface area (Å²) in [7, 11) is 0. The number of amides is 1. The van der Waals surface area contributed by atoms with Gasteiger partial charge in [-0.15, -0.1) is 0 Å². The van der Waals surface area contributed by atoms with Gasteiger partial charge in [-0.2, -0.15) is 0 Å². The summed E-state index contributed by atoms with van der Waals surface area (Å²) in [5, 5.41) is 0. The molecule has 1 amide bonds. The van der Waals surface area contributed by atoms with Gasteiger partial charge in [0.1, 0.15) is 5.41 Å². The maximum Gasteiger partial charge on any atom is 0.252 e. The number of carbonyl (C=O) groups excluding carboxylic acids is 1. The average molecular weight is 293 g/mol. The van der Waals surface area contributed by atoms with Crippen molar-refractivity contribution in [1.29, 1.82) is 0 Å². The molecule has 0 N–H and O–H groups in total. The standard InChI is InChI=1S/C17H21F2NO/c1-3-17(15(18)19)10-13-7-8-14(20(13)16(17)21)12-6-4-5-11(2)9-12/h4-6,9,13-15H,3,7-8,10H2,1-2H3/t13-,14-,17+/m0/s1. The molecule has 2 aliphatic rings. The number of alkyl halides is 2. The number of rotatable bonds is 3. The minimum Gasteiger partial charge on any atom is -0.332 e. The quantitative estimate of drug-likeness (QED) is 0.822. The van der Waals surface area contributed by atoms with Crippen LogP contribution in [-0.4, -0.2) is 23.3 Å². The number of fused-ring (bicyclic) bond motifs is 1. The molecule has 2 saturated heterocycles. The highest BCUT2D eigenvalue weighted by atomic mass is 19.3. The van der Waals surface area contributed by atoms with Crippen molar-refractivity contribution in [3.63, 3.8) is 0 Å². The summed E-state index contributed by atoms with van der Waals surface area (Å²) in [6.07, 6.45) is -0.333. The van der Waals surface area contributed by atoms with Gasteiger partial charge in [0, 0.05) is 6.04 Å². The van der Waals surface area contributed by atoms with E-state index in [4.69, 9.17) is 0 Å². The van der Waals surface area contributed by atoms with Gasteiger partial charge < -0.3 is 4.90 Å². The molecule has 0 bridgehead atoms. The highest BCUT2D eigenvalue weighted by Crippen LogP contribution is 2.52. The summed E-state index contributed by atoms with van der Waals surface area (Å²) >= 11 is 0. The fourth-order valence-electron chi connectivity index (χ4n) is 3.99. The van der Waals surface area contributed by atoms with Gasteiger partial charge >= 0.3 is 0 Å². The Labute approximate surface area is 124 Å². The molecular weight excluding hydrogens is 272 g/mol. The predicted octanol–water partition coefficient (Wildman–Crippen LogP) is 4.09. The number of hydrogen-bond acceptors (Lipinski definition) is 1.